The molecule has 3 N–H and O–H groups in total. The summed E-state index contributed by atoms with van der Waals surface area (Å²) in [5, 5.41) is 24.2. The van der Waals surface area contributed by atoms with Crippen LogP contribution in [0.2, 0.25) is 0 Å². The van der Waals surface area contributed by atoms with Crippen LogP contribution in [0.4, 0.5) is 16.2 Å². The van der Waals surface area contributed by atoms with Crippen molar-refractivity contribution in [2.75, 3.05) is 17.3 Å². The van der Waals surface area contributed by atoms with Gasteiger partial charge in [-0.2, -0.15) is 5.26 Å². The zero-order chi connectivity index (χ0) is 25.8. The van der Waals surface area contributed by atoms with Crippen LogP contribution in [0.15, 0.2) is 84.1 Å². The van der Waals surface area contributed by atoms with E-state index in [1.807, 2.05) is 6.07 Å². The Hall–Kier alpha value is -5.10. The summed E-state index contributed by atoms with van der Waals surface area (Å²) in [6.45, 7) is 1.62. The molecule has 0 radical (unpaired) electrons. The smallest absolute Gasteiger partial charge is 0.335 e. The van der Waals surface area contributed by atoms with Gasteiger partial charge in [-0.3, -0.25) is 9.69 Å². The van der Waals surface area contributed by atoms with E-state index < -0.39 is 23.9 Å². The van der Waals surface area contributed by atoms with E-state index in [2.05, 4.69) is 10.6 Å². The number of carbonyl (C=O) groups is 3. The van der Waals surface area contributed by atoms with Crippen LogP contribution in [-0.4, -0.2) is 30.1 Å². The van der Waals surface area contributed by atoms with Gasteiger partial charge in [0.1, 0.15) is 5.75 Å². The number of methoxy groups -OCH3 is 1. The van der Waals surface area contributed by atoms with Gasteiger partial charge in [0.15, 0.2) is 0 Å². The lowest BCUT2D eigenvalue weighted by Crippen LogP contribution is -2.48. The molecule has 9 heteroatoms. The minimum Gasteiger partial charge on any atom is -0.495 e. The quantitative estimate of drug-likeness (QED) is 0.476. The number of carboxylic acid groups (broad SMARTS) is 1. The molecule has 3 amide bonds. The number of aromatic carboxylic acids is 1. The zero-order valence-corrected chi connectivity index (χ0v) is 19.5. The van der Waals surface area contributed by atoms with E-state index in [1.165, 1.54) is 30.2 Å². The lowest BCUT2D eigenvalue weighted by molar-refractivity contribution is -0.113. The molecule has 0 saturated heterocycles. The summed E-state index contributed by atoms with van der Waals surface area (Å²) in [5.74, 6) is -1.16. The van der Waals surface area contributed by atoms with Crippen LogP contribution in [0.3, 0.4) is 0 Å². The van der Waals surface area contributed by atoms with Gasteiger partial charge in [-0.15, -0.1) is 0 Å². The van der Waals surface area contributed by atoms with E-state index in [4.69, 9.17) is 10.00 Å². The second-order valence-corrected chi connectivity index (χ2v) is 7.96. The van der Waals surface area contributed by atoms with Crippen molar-refractivity contribution in [3.63, 3.8) is 0 Å². The molecule has 0 aromatic heterocycles. The first-order chi connectivity index (χ1) is 17.3. The number of ether oxygens (including phenoxy) is 1. The second kappa shape index (κ2) is 10.0. The number of para-hydroxylation sites is 2. The van der Waals surface area contributed by atoms with E-state index in [9.17, 15) is 19.5 Å². The molecule has 0 bridgehead atoms. The van der Waals surface area contributed by atoms with Crippen LogP contribution in [0.25, 0.3) is 0 Å². The number of nitrogens with zero attached hydrogens (tertiary/aromatic N) is 2. The fourth-order valence-corrected chi connectivity index (χ4v) is 4.06. The SMILES string of the molecule is COc1ccccc1NC(=O)C1=C(C)N(c2cccc(C(=O)O)c2)C(=O)N[C@H]1c1ccc(C#N)cc1. The lowest BCUT2D eigenvalue weighted by atomic mass is 9.93. The Labute approximate surface area is 207 Å². The monoisotopic (exact) mass is 482 g/mol. The summed E-state index contributed by atoms with van der Waals surface area (Å²) in [6.07, 6.45) is 0. The number of anilines is 2. The molecule has 0 saturated carbocycles. The standard InChI is InChI=1S/C27H22N4O5/c1-16-23(25(32)29-21-8-3-4-9-22(21)36-2)24(18-12-10-17(15-28)11-13-18)30-27(35)31(16)20-7-5-6-19(14-20)26(33)34/h3-14,24H,1-2H3,(H,29,32)(H,30,35)(H,33,34)/t24-/m0/s1. The van der Waals surface area contributed by atoms with Crippen molar-refractivity contribution in [3.05, 3.63) is 101 Å². The predicted octanol–water partition coefficient (Wildman–Crippen LogP) is 4.45. The molecule has 1 atom stereocenters. The number of carboxylic acids is 1. The van der Waals surface area contributed by atoms with Gasteiger partial charge in [-0.25, -0.2) is 9.59 Å². The van der Waals surface area contributed by atoms with E-state index in [-0.39, 0.29) is 11.1 Å². The number of rotatable bonds is 6. The van der Waals surface area contributed by atoms with Crippen molar-refractivity contribution in [2.24, 2.45) is 0 Å². The highest BCUT2D eigenvalue weighted by Crippen LogP contribution is 2.35. The predicted molar refractivity (Wildman–Crippen MR) is 133 cm³/mol. The summed E-state index contributed by atoms with van der Waals surface area (Å²) >= 11 is 0. The number of nitriles is 1. The van der Waals surface area contributed by atoms with Gasteiger partial charge in [0.2, 0.25) is 0 Å². The fraction of sp³-hybridized carbons (Fsp3) is 0.111. The Morgan fingerprint density at radius 1 is 1.08 bits per heavy atom. The van der Waals surface area contributed by atoms with Crippen LogP contribution in [0.1, 0.15) is 34.5 Å². The molecular weight excluding hydrogens is 460 g/mol. The Bertz CT molecular complexity index is 1420. The molecule has 3 aromatic rings. The summed E-state index contributed by atoms with van der Waals surface area (Å²) < 4.78 is 5.34. The van der Waals surface area contributed by atoms with Gasteiger partial charge in [-0.05, 0) is 55.0 Å². The number of nitrogens with one attached hydrogen (secondary N) is 2. The van der Waals surface area contributed by atoms with Crippen LogP contribution in [0, 0.1) is 11.3 Å². The molecule has 0 aliphatic carbocycles. The van der Waals surface area contributed by atoms with Crippen LogP contribution in [-0.2, 0) is 4.79 Å². The van der Waals surface area contributed by atoms with E-state index >= 15 is 0 Å². The van der Waals surface area contributed by atoms with E-state index in [0.29, 0.717) is 33.9 Å². The van der Waals surface area contributed by atoms with Gasteiger partial charge in [0.05, 0.1) is 47.3 Å². The Balaban J connectivity index is 1.83. The van der Waals surface area contributed by atoms with Gasteiger partial charge in [0, 0.05) is 5.70 Å². The van der Waals surface area contributed by atoms with Crippen molar-refractivity contribution in [1.29, 1.82) is 5.26 Å². The highest BCUT2D eigenvalue weighted by atomic mass is 16.5. The minimum absolute atomic E-state index is 0.00217. The van der Waals surface area contributed by atoms with Crippen molar-refractivity contribution >= 4 is 29.3 Å². The summed E-state index contributed by atoms with van der Waals surface area (Å²) in [5.41, 5.74) is 2.35. The third-order valence-electron chi connectivity index (χ3n) is 5.81. The molecule has 3 aromatic carbocycles. The summed E-state index contributed by atoms with van der Waals surface area (Å²) in [7, 11) is 1.49. The molecule has 1 aliphatic heterocycles. The Morgan fingerprint density at radius 3 is 2.47 bits per heavy atom. The van der Waals surface area contributed by atoms with Gasteiger partial charge in [-0.1, -0.05) is 30.3 Å². The first kappa shape index (κ1) is 24.0. The maximum atomic E-state index is 13.7. The number of benzene rings is 3. The molecular formula is C27H22N4O5. The number of hydrogen-bond acceptors (Lipinski definition) is 5. The third kappa shape index (κ3) is 4.60. The molecule has 1 aliphatic rings. The zero-order valence-electron chi connectivity index (χ0n) is 19.5. The average molecular weight is 482 g/mol. The Morgan fingerprint density at radius 2 is 1.81 bits per heavy atom. The molecule has 9 nitrogen and oxygen atoms in total. The van der Waals surface area contributed by atoms with Crippen molar-refractivity contribution in [1.82, 2.24) is 5.32 Å². The maximum Gasteiger partial charge on any atom is 0.335 e. The first-order valence-electron chi connectivity index (χ1n) is 10.9. The number of hydrogen-bond donors (Lipinski definition) is 3. The molecule has 0 fully saturated rings. The molecule has 180 valence electrons. The second-order valence-electron chi connectivity index (χ2n) is 7.96. The van der Waals surface area contributed by atoms with Crippen LogP contribution >= 0.6 is 0 Å². The summed E-state index contributed by atoms with van der Waals surface area (Å²) in [4.78, 5) is 39.7. The third-order valence-corrected chi connectivity index (χ3v) is 5.81. The summed E-state index contributed by atoms with van der Waals surface area (Å²) in [6, 6.07) is 20.1. The first-order valence-corrected chi connectivity index (χ1v) is 10.9. The number of allylic oxidation sites excluding steroid dienone is 1. The molecule has 36 heavy (non-hydrogen) atoms. The van der Waals surface area contributed by atoms with E-state index in [0.717, 1.165) is 0 Å². The number of amides is 3. The maximum absolute atomic E-state index is 13.7. The molecule has 0 spiro atoms. The van der Waals surface area contributed by atoms with Crippen molar-refractivity contribution < 1.29 is 24.2 Å². The van der Waals surface area contributed by atoms with Crippen molar-refractivity contribution in [3.8, 4) is 11.8 Å². The number of urea groups is 1. The molecule has 4 rings (SSSR count). The van der Waals surface area contributed by atoms with Crippen LogP contribution in [0.5, 0.6) is 5.75 Å². The topological polar surface area (TPSA) is 132 Å². The normalized spacial score (nSPS) is 15.1. The Kier molecular flexibility index (Phi) is 6.70. The van der Waals surface area contributed by atoms with E-state index in [1.54, 1.807) is 61.5 Å². The molecule has 0 unspecified atom stereocenters. The molecule has 1 heterocycles. The minimum atomic E-state index is -1.14. The largest absolute Gasteiger partial charge is 0.495 e. The van der Waals surface area contributed by atoms with Gasteiger partial charge in [0.25, 0.3) is 5.91 Å². The number of carbonyl (C=O) groups excluding carboxylic acids is 2. The lowest BCUT2D eigenvalue weighted by Gasteiger charge is -2.36. The van der Waals surface area contributed by atoms with Gasteiger partial charge < -0.3 is 20.5 Å². The van der Waals surface area contributed by atoms with Crippen LogP contribution < -0.4 is 20.3 Å². The fourth-order valence-electron chi connectivity index (χ4n) is 4.06. The average Bonchev–Trinajstić information content (AvgIpc) is 2.88. The highest BCUT2D eigenvalue weighted by Gasteiger charge is 2.36. The van der Waals surface area contributed by atoms with Gasteiger partial charge >= 0.3 is 12.0 Å². The van der Waals surface area contributed by atoms with Crippen molar-refractivity contribution in [2.45, 2.75) is 13.0 Å². The highest BCUT2D eigenvalue weighted by molar-refractivity contribution is 6.10.